The molecule has 0 aromatic carbocycles. The third-order valence-corrected chi connectivity index (χ3v) is 16.9. The molecule has 1 rings (SSSR count). The zero-order valence-corrected chi connectivity index (χ0v) is 52.7. The summed E-state index contributed by atoms with van der Waals surface area (Å²) in [6.07, 6.45) is 63.9. The number of rotatable bonds is 61. The standard InChI is InChI=1S/C67H129NO11S/c1-3-5-7-9-11-13-15-17-19-21-23-25-26-27-28-29-30-31-32-33-34-35-36-37-39-41-43-45-47-49-51-53-55-57-63(71)68-60(59-77-67-65(73)66(79-80(74,75)76)64(72)62(58-69)78-67)61(70)56-54-52-50-48-46-44-42-40-38-24-22-20-18-16-14-12-10-8-6-4-2/h27-28,54,56,60-62,64-67,69-70,72-73H,3-26,29-53,55,57-59H2,1-2H3,(H,68,71)(H,74,75,76)/b28-27-,56-54+. The van der Waals surface area contributed by atoms with Crippen molar-refractivity contribution < 1.29 is 51.8 Å². The molecule has 6 N–H and O–H groups in total. The molecule has 0 aromatic rings. The maximum Gasteiger partial charge on any atom is 0.397 e. The van der Waals surface area contributed by atoms with E-state index in [4.69, 9.17) is 9.47 Å². The van der Waals surface area contributed by atoms with E-state index in [1.165, 1.54) is 276 Å². The number of hydrogen-bond acceptors (Lipinski definition) is 10. The highest BCUT2D eigenvalue weighted by Gasteiger charge is 2.48. The van der Waals surface area contributed by atoms with Gasteiger partial charge in [0.25, 0.3) is 0 Å². The van der Waals surface area contributed by atoms with Gasteiger partial charge in [-0.05, 0) is 44.9 Å². The van der Waals surface area contributed by atoms with Crippen molar-refractivity contribution >= 4 is 16.3 Å². The summed E-state index contributed by atoms with van der Waals surface area (Å²) in [6, 6.07) is -0.943. The smallest absolute Gasteiger partial charge is 0.394 e. The largest absolute Gasteiger partial charge is 0.397 e. The van der Waals surface area contributed by atoms with Crippen LogP contribution < -0.4 is 5.32 Å². The maximum atomic E-state index is 13.2. The number of ether oxygens (including phenoxy) is 2. The second kappa shape index (κ2) is 56.7. The van der Waals surface area contributed by atoms with Gasteiger partial charge in [0.15, 0.2) is 6.29 Å². The predicted octanol–water partition coefficient (Wildman–Crippen LogP) is 17.5. The van der Waals surface area contributed by atoms with Crippen molar-refractivity contribution in [3.8, 4) is 0 Å². The third-order valence-electron chi connectivity index (χ3n) is 16.5. The number of carbonyl (C=O) groups is 1. The highest BCUT2D eigenvalue weighted by molar-refractivity contribution is 7.80. The number of aliphatic hydroxyl groups is 4. The van der Waals surface area contributed by atoms with E-state index in [1.807, 2.05) is 6.08 Å². The quantitative estimate of drug-likeness (QED) is 0.0193. The SMILES string of the molecule is CCCCCCCCCCCCCC/C=C\CCCCCCCCCCCCCCCCCCCC(=O)NC(COC1OC(CO)C(O)C(OS(=O)(=O)O)C1O)C(O)/C=C/CCCCCCCCCCCCCCCCCCCC. The summed E-state index contributed by atoms with van der Waals surface area (Å²) in [4.78, 5) is 13.2. The minimum atomic E-state index is -5.09. The first-order valence-electron chi connectivity index (χ1n) is 34.2. The summed E-state index contributed by atoms with van der Waals surface area (Å²) in [5.74, 6) is -0.255. The molecular weight excluding hydrogens is 1030 g/mol. The number of allylic oxidation sites excluding steroid dienone is 3. The highest BCUT2D eigenvalue weighted by atomic mass is 32.3. The molecule has 1 amide bonds. The molecule has 1 heterocycles. The summed E-state index contributed by atoms with van der Waals surface area (Å²) in [5, 5.41) is 45.1. The van der Waals surface area contributed by atoms with Crippen LogP contribution in [0.1, 0.15) is 341 Å². The molecule has 0 spiro atoms. The molecule has 1 saturated heterocycles. The van der Waals surface area contributed by atoms with Gasteiger partial charge in [-0.2, -0.15) is 8.42 Å². The van der Waals surface area contributed by atoms with Gasteiger partial charge in [-0.25, -0.2) is 4.18 Å². The van der Waals surface area contributed by atoms with Crippen LogP contribution in [-0.4, -0.2) is 95.4 Å². The molecule has 0 bridgehead atoms. The normalized spacial score (nSPS) is 18.7. The van der Waals surface area contributed by atoms with E-state index in [-0.39, 0.29) is 18.9 Å². The van der Waals surface area contributed by atoms with Crippen LogP contribution in [0.3, 0.4) is 0 Å². The van der Waals surface area contributed by atoms with Gasteiger partial charge in [-0.15, -0.1) is 0 Å². The van der Waals surface area contributed by atoms with Crippen molar-refractivity contribution in [2.45, 2.75) is 384 Å². The predicted molar refractivity (Wildman–Crippen MR) is 333 cm³/mol. The fourth-order valence-corrected chi connectivity index (χ4v) is 11.7. The Hall–Kier alpha value is -1.42. The first-order valence-corrected chi connectivity index (χ1v) is 35.6. The van der Waals surface area contributed by atoms with Gasteiger partial charge >= 0.3 is 10.4 Å². The molecule has 1 aliphatic rings. The van der Waals surface area contributed by atoms with E-state index < -0.39 is 59.9 Å². The van der Waals surface area contributed by atoms with Crippen LogP contribution in [0, 0.1) is 0 Å². The van der Waals surface area contributed by atoms with Gasteiger partial charge in [-0.1, -0.05) is 314 Å². The molecule has 0 aliphatic carbocycles. The second-order valence-electron chi connectivity index (χ2n) is 24.1. The zero-order valence-electron chi connectivity index (χ0n) is 51.9. The minimum absolute atomic E-state index is 0.255. The van der Waals surface area contributed by atoms with Crippen molar-refractivity contribution in [1.29, 1.82) is 0 Å². The Bertz CT molecular complexity index is 1500. The summed E-state index contributed by atoms with van der Waals surface area (Å²) in [5.41, 5.74) is 0. The molecule has 80 heavy (non-hydrogen) atoms. The van der Waals surface area contributed by atoms with Crippen molar-refractivity contribution in [1.82, 2.24) is 5.32 Å². The summed E-state index contributed by atoms with van der Waals surface area (Å²) in [7, 11) is -5.09. The van der Waals surface area contributed by atoms with Crippen LogP contribution >= 0.6 is 0 Å². The van der Waals surface area contributed by atoms with Gasteiger partial charge in [0, 0.05) is 6.42 Å². The van der Waals surface area contributed by atoms with E-state index >= 15 is 0 Å². The number of aliphatic hydroxyl groups excluding tert-OH is 4. The highest BCUT2D eigenvalue weighted by Crippen LogP contribution is 2.26. The van der Waals surface area contributed by atoms with Crippen molar-refractivity contribution in [3.63, 3.8) is 0 Å². The van der Waals surface area contributed by atoms with Crippen molar-refractivity contribution in [2.24, 2.45) is 0 Å². The van der Waals surface area contributed by atoms with Crippen LogP contribution in [0.4, 0.5) is 0 Å². The van der Waals surface area contributed by atoms with Gasteiger partial charge in [-0.3, -0.25) is 9.35 Å². The summed E-state index contributed by atoms with van der Waals surface area (Å²) < 4.78 is 48.0. The van der Waals surface area contributed by atoms with E-state index in [0.29, 0.717) is 6.42 Å². The van der Waals surface area contributed by atoms with E-state index in [1.54, 1.807) is 6.08 Å². The van der Waals surface area contributed by atoms with Crippen molar-refractivity contribution in [2.75, 3.05) is 13.2 Å². The Labute approximate surface area is 493 Å². The first-order chi connectivity index (χ1) is 39.0. The Balaban J connectivity index is 2.23. The molecule has 0 radical (unpaired) electrons. The summed E-state index contributed by atoms with van der Waals surface area (Å²) in [6.45, 7) is 3.46. The lowest BCUT2D eigenvalue weighted by Gasteiger charge is -2.41. The number of carbonyl (C=O) groups excluding carboxylic acids is 1. The van der Waals surface area contributed by atoms with Crippen LogP contribution in [0.15, 0.2) is 24.3 Å². The molecule has 7 atom stereocenters. The molecule has 1 aliphatic heterocycles. The average Bonchev–Trinajstić information content (AvgIpc) is 3.43. The monoisotopic (exact) mass is 1160 g/mol. The molecule has 0 aromatic heterocycles. The number of amides is 1. The Morgan fingerprint density at radius 1 is 0.487 bits per heavy atom. The fourth-order valence-electron chi connectivity index (χ4n) is 11.2. The lowest BCUT2D eigenvalue weighted by Crippen LogP contribution is -2.61. The van der Waals surface area contributed by atoms with Crippen LogP contribution in [-0.2, 0) is 28.9 Å². The molecule has 474 valence electrons. The molecule has 7 unspecified atom stereocenters. The number of nitrogens with one attached hydrogen (secondary N) is 1. The maximum absolute atomic E-state index is 13.2. The summed E-state index contributed by atoms with van der Waals surface area (Å²) >= 11 is 0. The number of unbranched alkanes of at least 4 members (excludes halogenated alkanes) is 47. The Morgan fingerprint density at radius 3 is 1.12 bits per heavy atom. The van der Waals surface area contributed by atoms with Crippen LogP contribution in [0.25, 0.3) is 0 Å². The van der Waals surface area contributed by atoms with Crippen LogP contribution in [0.5, 0.6) is 0 Å². The van der Waals surface area contributed by atoms with Gasteiger partial charge in [0.05, 0.1) is 25.4 Å². The van der Waals surface area contributed by atoms with E-state index in [9.17, 15) is 38.2 Å². The lowest BCUT2D eigenvalue weighted by molar-refractivity contribution is -0.298. The third kappa shape index (κ3) is 47.9. The number of hydrogen-bond donors (Lipinski definition) is 6. The molecule has 13 heteroatoms. The van der Waals surface area contributed by atoms with E-state index in [0.717, 1.165) is 38.5 Å². The fraction of sp³-hybridized carbons (Fsp3) is 0.925. The lowest BCUT2D eigenvalue weighted by atomic mass is 9.99. The van der Waals surface area contributed by atoms with Gasteiger partial charge in [0.1, 0.15) is 24.4 Å². The Kier molecular flexibility index (Phi) is 54.3. The van der Waals surface area contributed by atoms with Crippen molar-refractivity contribution in [3.05, 3.63) is 24.3 Å². The average molecular weight is 1160 g/mol. The second-order valence-corrected chi connectivity index (χ2v) is 25.2. The molecule has 1 fully saturated rings. The van der Waals surface area contributed by atoms with Gasteiger partial charge < -0.3 is 35.2 Å². The molecular formula is C67H129NO11S. The van der Waals surface area contributed by atoms with E-state index in [2.05, 4.69) is 35.5 Å². The van der Waals surface area contributed by atoms with Gasteiger partial charge in [0.2, 0.25) is 5.91 Å². The molecule has 0 saturated carbocycles. The Morgan fingerprint density at radius 2 is 0.800 bits per heavy atom. The first kappa shape index (κ1) is 76.6. The van der Waals surface area contributed by atoms with Crippen LogP contribution in [0.2, 0.25) is 0 Å². The molecule has 12 nitrogen and oxygen atoms in total. The minimum Gasteiger partial charge on any atom is -0.394 e. The zero-order chi connectivity index (χ0) is 58.3. The topological polar surface area (TPSA) is 192 Å².